The van der Waals surface area contributed by atoms with Crippen molar-refractivity contribution in [1.29, 1.82) is 0 Å². The van der Waals surface area contributed by atoms with E-state index in [0.717, 1.165) is 5.56 Å². The van der Waals surface area contributed by atoms with Crippen LogP contribution in [0.1, 0.15) is 11.1 Å². The molecule has 1 heterocycles. The van der Waals surface area contributed by atoms with Crippen molar-refractivity contribution in [3.05, 3.63) is 41.0 Å². The van der Waals surface area contributed by atoms with Crippen LogP contribution in [-0.2, 0) is 9.63 Å². The highest BCUT2D eigenvalue weighted by molar-refractivity contribution is 6.38. The minimum atomic E-state index is -0.448. The second-order valence-corrected chi connectivity index (χ2v) is 3.79. The number of aryl methyl sites for hydroxylation is 1. The van der Waals surface area contributed by atoms with Gasteiger partial charge >= 0.3 is 5.97 Å². The Labute approximate surface area is 98.4 Å². The molecule has 0 bridgehead atoms. The van der Waals surface area contributed by atoms with Gasteiger partial charge < -0.3 is 4.84 Å². The second-order valence-electron chi connectivity index (χ2n) is 3.52. The molecule has 0 atom stereocenters. The Bertz CT molecular complexity index is 474. The number of carbonyl (C=O) groups is 1. The number of rotatable bonds is 2. The maximum absolute atomic E-state index is 11.4. The first-order valence-electron chi connectivity index (χ1n) is 4.83. The van der Waals surface area contributed by atoms with Crippen molar-refractivity contribution in [2.75, 3.05) is 5.88 Å². The molecule has 0 aliphatic carbocycles. The third-order valence-corrected chi connectivity index (χ3v) is 2.54. The molecule has 0 saturated carbocycles. The fraction of sp³-hybridized carbons (Fsp3) is 0.167. The van der Waals surface area contributed by atoms with Crippen molar-refractivity contribution >= 4 is 29.4 Å². The number of hydrogen-bond donors (Lipinski definition) is 0. The van der Waals surface area contributed by atoms with Gasteiger partial charge in [-0.25, -0.2) is 4.79 Å². The summed E-state index contributed by atoms with van der Waals surface area (Å²) in [7, 11) is 0. The quantitative estimate of drug-likeness (QED) is 0.449. The molecule has 4 heteroatoms. The SMILES string of the molecule is Cc1ccc(/C=C2/C(=O)ON=C2CCl)cc1. The molecular weight excluding hydrogens is 226 g/mol. The fourth-order valence-electron chi connectivity index (χ4n) is 1.38. The summed E-state index contributed by atoms with van der Waals surface area (Å²) in [5.41, 5.74) is 3.01. The normalized spacial score (nSPS) is 17.5. The van der Waals surface area contributed by atoms with Crippen molar-refractivity contribution in [2.24, 2.45) is 5.16 Å². The Morgan fingerprint density at radius 1 is 1.38 bits per heavy atom. The molecule has 0 saturated heterocycles. The molecule has 1 aromatic rings. The molecule has 16 heavy (non-hydrogen) atoms. The van der Waals surface area contributed by atoms with Gasteiger partial charge in [0.2, 0.25) is 0 Å². The average molecular weight is 236 g/mol. The van der Waals surface area contributed by atoms with E-state index >= 15 is 0 Å². The van der Waals surface area contributed by atoms with Gasteiger partial charge in [-0.3, -0.25) is 0 Å². The molecule has 1 aliphatic rings. The smallest absolute Gasteiger partial charge is 0.312 e. The van der Waals surface area contributed by atoms with Crippen molar-refractivity contribution < 1.29 is 9.63 Å². The molecule has 0 radical (unpaired) electrons. The minimum absolute atomic E-state index is 0.170. The zero-order valence-electron chi connectivity index (χ0n) is 8.74. The summed E-state index contributed by atoms with van der Waals surface area (Å²) in [5, 5.41) is 3.60. The van der Waals surface area contributed by atoms with E-state index in [1.54, 1.807) is 6.08 Å². The average Bonchev–Trinajstić information content (AvgIpc) is 2.63. The molecule has 1 aliphatic heterocycles. The van der Waals surface area contributed by atoms with Crippen LogP contribution in [0, 0.1) is 6.92 Å². The van der Waals surface area contributed by atoms with E-state index < -0.39 is 5.97 Å². The predicted molar refractivity (Wildman–Crippen MR) is 63.4 cm³/mol. The van der Waals surface area contributed by atoms with Crippen LogP contribution < -0.4 is 0 Å². The molecule has 0 N–H and O–H groups in total. The number of alkyl halides is 1. The van der Waals surface area contributed by atoms with Crippen LogP contribution in [0.25, 0.3) is 6.08 Å². The lowest BCUT2D eigenvalue weighted by molar-refractivity contribution is -0.136. The summed E-state index contributed by atoms with van der Waals surface area (Å²) in [6, 6.07) is 7.81. The lowest BCUT2D eigenvalue weighted by atomic mass is 10.1. The second kappa shape index (κ2) is 4.49. The molecule has 1 aromatic carbocycles. The summed E-state index contributed by atoms with van der Waals surface area (Å²) in [6.07, 6.45) is 1.73. The number of nitrogens with zero attached hydrogens (tertiary/aromatic N) is 1. The zero-order chi connectivity index (χ0) is 11.5. The molecular formula is C12H10ClNO2. The third kappa shape index (κ3) is 2.14. The van der Waals surface area contributed by atoms with Crippen LogP contribution >= 0.6 is 11.6 Å². The first-order chi connectivity index (χ1) is 7.70. The van der Waals surface area contributed by atoms with Crippen LogP contribution in [0.2, 0.25) is 0 Å². The number of halogens is 1. The van der Waals surface area contributed by atoms with Gasteiger partial charge in [0, 0.05) is 0 Å². The summed E-state index contributed by atoms with van der Waals surface area (Å²) >= 11 is 5.66. The van der Waals surface area contributed by atoms with Crippen molar-refractivity contribution in [2.45, 2.75) is 6.92 Å². The highest BCUT2D eigenvalue weighted by Crippen LogP contribution is 2.16. The summed E-state index contributed by atoms with van der Waals surface area (Å²) in [4.78, 5) is 15.9. The topological polar surface area (TPSA) is 38.7 Å². The molecule has 0 spiro atoms. The van der Waals surface area contributed by atoms with Gasteiger partial charge in [-0.2, -0.15) is 0 Å². The maximum Gasteiger partial charge on any atom is 0.367 e. The number of oxime groups is 1. The van der Waals surface area contributed by atoms with E-state index in [2.05, 4.69) is 9.99 Å². The van der Waals surface area contributed by atoms with E-state index in [1.807, 2.05) is 31.2 Å². The van der Waals surface area contributed by atoms with E-state index in [9.17, 15) is 4.79 Å². The van der Waals surface area contributed by atoms with Gasteiger partial charge in [-0.1, -0.05) is 35.0 Å². The van der Waals surface area contributed by atoms with Crippen LogP contribution in [-0.4, -0.2) is 17.6 Å². The lowest BCUT2D eigenvalue weighted by Gasteiger charge is -1.97. The van der Waals surface area contributed by atoms with Crippen LogP contribution in [0.4, 0.5) is 0 Å². The predicted octanol–water partition coefficient (Wildman–Crippen LogP) is 2.53. The van der Waals surface area contributed by atoms with Gasteiger partial charge in [-0.15, -0.1) is 11.6 Å². The maximum atomic E-state index is 11.4. The van der Waals surface area contributed by atoms with Crippen molar-refractivity contribution in [3.63, 3.8) is 0 Å². The minimum Gasteiger partial charge on any atom is -0.312 e. The summed E-state index contributed by atoms with van der Waals surface area (Å²) in [6.45, 7) is 2.01. The third-order valence-electron chi connectivity index (χ3n) is 2.28. The lowest BCUT2D eigenvalue weighted by Crippen LogP contribution is -2.06. The van der Waals surface area contributed by atoms with Gasteiger partial charge in [0.05, 0.1) is 11.5 Å². The molecule has 3 nitrogen and oxygen atoms in total. The monoisotopic (exact) mass is 235 g/mol. The first kappa shape index (κ1) is 10.9. The van der Waals surface area contributed by atoms with Crippen LogP contribution in [0.5, 0.6) is 0 Å². The van der Waals surface area contributed by atoms with Gasteiger partial charge in [0.1, 0.15) is 5.71 Å². The molecule has 0 unspecified atom stereocenters. The molecule has 82 valence electrons. The van der Waals surface area contributed by atoms with Crippen molar-refractivity contribution in [3.8, 4) is 0 Å². The van der Waals surface area contributed by atoms with E-state index in [1.165, 1.54) is 5.56 Å². The van der Waals surface area contributed by atoms with Crippen molar-refractivity contribution in [1.82, 2.24) is 0 Å². The van der Waals surface area contributed by atoms with E-state index in [4.69, 9.17) is 11.6 Å². The number of hydrogen-bond acceptors (Lipinski definition) is 3. The highest BCUT2D eigenvalue weighted by atomic mass is 35.5. The molecule has 2 rings (SSSR count). The fourth-order valence-corrected chi connectivity index (χ4v) is 1.57. The first-order valence-corrected chi connectivity index (χ1v) is 5.37. The van der Waals surface area contributed by atoms with Gasteiger partial charge in [0.25, 0.3) is 0 Å². The summed E-state index contributed by atoms with van der Waals surface area (Å²) < 4.78 is 0. The number of benzene rings is 1. The molecule has 0 aromatic heterocycles. The largest absolute Gasteiger partial charge is 0.367 e. The number of carbonyl (C=O) groups excluding carboxylic acids is 1. The van der Waals surface area contributed by atoms with E-state index in [0.29, 0.717) is 11.3 Å². The Kier molecular flexibility index (Phi) is 3.06. The zero-order valence-corrected chi connectivity index (χ0v) is 9.49. The Hall–Kier alpha value is -1.61. The van der Waals surface area contributed by atoms with Gasteiger partial charge in [-0.05, 0) is 18.6 Å². The van der Waals surface area contributed by atoms with Gasteiger partial charge in [0.15, 0.2) is 0 Å². The Balaban J connectivity index is 2.33. The highest BCUT2D eigenvalue weighted by Gasteiger charge is 2.24. The standard InChI is InChI=1S/C12H10ClNO2/c1-8-2-4-9(5-3-8)6-10-11(7-13)14-16-12(10)15/h2-6H,7H2,1H3/b10-6+. The van der Waals surface area contributed by atoms with Crippen LogP contribution in [0.15, 0.2) is 35.0 Å². The van der Waals surface area contributed by atoms with E-state index in [-0.39, 0.29) is 5.88 Å². The molecule has 0 amide bonds. The Morgan fingerprint density at radius 3 is 2.69 bits per heavy atom. The van der Waals surface area contributed by atoms with Crippen LogP contribution in [0.3, 0.4) is 0 Å². The molecule has 0 fully saturated rings. The summed E-state index contributed by atoms with van der Waals surface area (Å²) in [5.74, 6) is -0.278. The Morgan fingerprint density at radius 2 is 2.06 bits per heavy atom.